The number of nitrogens with zero attached hydrogens (tertiary/aromatic N) is 5. The molecule has 7 nitrogen and oxygen atoms in total. The number of piperazine rings is 1. The minimum atomic E-state index is -2.84. The van der Waals surface area contributed by atoms with E-state index in [-0.39, 0.29) is 29.4 Å². The summed E-state index contributed by atoms with van der Waals surface area (Å²) in [6, 6.07) is 12.2. The summed E-state index contributed by atoms with van der Waals surface area (Å²) in [5, 5.41) is 0. The summed E-state index contributed by atoms with van der Waals surface area (Å²) in [7, 11) is 1.71. The number of anilines is 1. The van der Waals surface area contributed by atoms with Crippen LogP contribution in [0.25, 0.3) is 15.9 Å². The molecule has 1 fully saturated rings. The average Bonchev–Trinajstić information content (AvgIpc) is 2.85. The topological polar surface area (TPSA) is 55.0 Å². The van der Waals surface area contributed by atoms with E-state index >= 15 is 0 Å². The molecule has 1 aliphatic rings. The molecule has 0 saturated carbocycles. The molecule has 2 aromatic heterocycles. The third kappa shape index (κ3) is 4.84. The lowest BCUT2D eigenvalue weighted by atomic mass is 9.98. The van der Waals surface area contributed by atoms with Crippen molar-refractivity contribution in [2.75, 3.05) is 18.0 Å². The Balaban J connectivity index is 1.64. The third-order valence-corrected chi connectivity index (χ3v) is 6.92. The molecule has 1 aliphatic heterocycles. The molecule has 35 heavy (non-hydrogen) atoms. The van der Waals surface area contributed by atoms with Gasteiger partial charge in [-0.25, -0.2) is 0 Å². The van der Waals surface area contributed by atoms with Crippen LogP contribution in [0.4, 0.5) is 20.3 Å². The first kappa shape index (κ1) is 24.6. The van der Waals surface area contributed by atoms with E-state index in [1.165, 1.54) is 0 Å². The number of aromatic nitrogens is 2. The molecule has 9 heteroatoms. The molecule has 3 heterocycles. The number of alkyl halides is 2. The Morgan fingerprint density at radius 2 is 1.91 bits per heavy atom. The summed E-state index contributed by atoms with van der Waals surface area (Å²) in [5.41, 5.74) is 3.00. The molecule has 0 amide bonds. The van der Waals surface area contributed by atoms with E-state index in [4.69, 9.17) is 6.57 Å². The second-order valence-electron chi connectivity index (χ2n) is 8.96. The molecule has 0 spiro atoms. The average molecular weight is 482 g/mol. The zero-order chi connectivity index (χ0) is 25.3. The SMILES string of the molecule is [C-]#[N+]c1ccc2c(n1)c(N1C[C@@H](CC)N(C(C)c3ccc(OC(F)F)cc3)C[C@@H]1C)cc(=O)n2C. The van der Waals surface area contributed by atoms with E-state index in [1.54, 1.807) is 41.9 Å². The van der Waals surface area contributed by atoms with Gasteiger partial charge in [0.25, 0.3) is 11.4 Å². The molecule has 0 radical (unpaired) electrons. The molecule has 184 valence electrons. The fourth-order valence-corrected chi connectivity index (χ4v) is 4.94. The van der Waals surface area contributed by atoms with Gasteiger partial charge in [-0.05, 0) is 50.1 Å². The van der Waals surface area contributed by atoms with Crippen LogP contribution in [0.3, 0.4) is 0 Å². The molecule has 4 rings (SSSR count). The molecule has 1 unspecified atom stereocenters. The minimum absolute atomic E-state index is 0.0670. The van der Waals surface area contributed by atoms with Crippen molar-refractivity contribution in [2.45, 2.75) is 51.9 Å². The van der Waals surface area contributed by atoms with Crippen LogP contribution in [0, 0.1) is 6.57 Å². The zero-order valence-corrected chi connectivity index (χ0v) is 20.3. The molecule has 1 aromatic carbocycles. The van der Waals surface area contributed by atoms with Gasteiger partial charge in [-0.15, -0.1) is 4.98 Å². The Labute approximate surface area is 203 Å². The number of halogens is 2. The number of fused-ring (bicyclic) bond motifs is 1. The quantitative estimate of drug-likeness (QED) is 0.457. The van der Waals surface area contributed by atoms with E-state index in [9.17, 15) is 13.6 Å². The summed E-state index contributed by atoms with van der Waals surface area (Å²) in [5.74, 6) is 0.439. The number of benzene rings is 1. The van der Waals surface area contributed by atoms with Crippen molar-refractivity contribution in [3.63, 3.8) is 0 Å². The van der Waals surface area contributed by atoms with Crippen LogP contribution in [0.2, 0.25) is 0 Å². The van der Waals surface area contributed by atoms with Gasteiger partial charge in [0.1, 0.15) is 5.75 Å². The van der Waals surface area contributed by atoms with E-state index in [1.807, 2.05) is 12.1 Å². The van der Waals surface area contributed by atoms with Crippen molar-refractivity contribution in [1.29, 1.82) is 0 Å². The highest BCUT2D eigenvalue weighted by Crippen LogP contribution is 2.34. The maximum atomic E-state index is 12.7. The largest absolute Gasteiger partial charge is 0.435 e. The summed E-state index contributed by atoms with van der Waals surface area (Å²) < 4.78 is 31.0. The minimum Gasteiger partial charge on any atom is -0.435 e. The van der Waals surface area contributed by atoms with Crippen LogP contribution in [0.1, 0.15) is 38.8 Å². The Hall–Kier alpha value is -3.51. The van der Waals surface area contributed by atoms with Gasteiger partial charge >= 0.3 is 6.61 Å². The maximum absolute atomic E-state index is 12.7. The van der Waals surface area contributed by atoms with Gasteiger partial charge < -0.3 is 19.0 Å². The van der Waals surface area contributed by atoms with E-state index < -0.39 is 6.61 Å². The van der Waals surface area contributed by atoms with Gasteiger partial charge in [0.05, 0.1) is 11.2 Å². The standard InChI is InChI=1S/C26H29F2N5O2/c1-6-19-15-32(22-13-24(34)31(5)21-11-12-23(29-4)30-25(21)22)16(2)14-33(19)17(3)18-7-9-20(10-8-18)35-26(27)28/h7-13,16-17,19,26H,6,14-15H2,1-3,5H3/t16-,17?,19+/m0/s1. The first-order chi connectivity index (χ1) is 16.7. The predicted molar refractivity (Wildman–Crippen MR) is 132 cm³/mol. The lowest BCUT2D eigenvalue weighted by Crippen LogP contribution is -2.58. The fraction of sp³-hybridized carbons (Fsp3) is 0.423. The lowest BCUT2D eigenvalue weighted by Gasteiger charge is -2.48. The van der Waals surface area contributed by atoms with Gasteiger partial charge in [-0.2, -0.15) is 8.78 Å². The number of pyridine rings is 2. The lowest BCUT2D eigenvalue weighted by molar-refractivity contribution is -0.0498. The van der Waals surface area contributed by atoms with Crippen molar-refractivity contribution in [3.05, 3.63) is 69.8 Å². The number of hydrogen-bond donors (Lipinski definition) is 0. The maximum Gasteiger partial charge on any atom is 0.387 e. The van der Waals surface area contributed by atoms with Gasteiger partial charge in [0.15, 0.2) is 0 Å². The van der Waals surface area contributed by atoms with Crippen LogP contribution >= 0.6 is 0 Å². The highest BCUT2D eigenvalue weighted by atomic mass is 19.3. The Bertz CT molecular complexity index is 1300. The Morgan fingerprint density at radius 3 is 2.54 bits per heavy atom. The van der Waals surface area contributed by atoms with Crippen molar-refractivity contribution in [2.24, 2.45) is 7.05 Å². The molecular formula is C26H29F2N5O2. The van der Waals surface area contributed by atoms with Crippen LogP contribution in [0.5, 0.6) is 5.75 Å². The number of aryl methyl sites for hydroxylation is 1. The second kappa shape index (κ2) is 10.0. The van der Waals surface area contributed by atoms with Crippen LogP contribution in [0.15, 0.2) is 47.3 Å². The van der Waals surface area contributed by atoms with Crippen LogP contribution < -0.4 is 15.2 Å². The normalized spacial score (nSPS) is 19.7. The second-order valence-corrected chi connectivity index (χ2v) is 8.96. The summed E-state index contributed by atoms with van der Waals surface area (Å²) in [6.45, 7) is 12.3. The summed E-state index contributed by atoms with van der Waals surface area (Å²) >= 11 is 0. The van der Waals surface area contributed by atoms with Crippen molar-refractivity contribution in [3.8, 4) is 5.75 Å². The highest BCUT2D eigenvalue weighted by Gasteiger charge is 2.35. The fourth-order valence-electron chi connectivity index (χ4n) is 4.94. The van der Waals surface area contributed by atoms with Crippen molar-refractivity contribution < 1.29 is 13.5 Å². The van der Waals surface area contributed by atoms with E-state index in [0.29, 0.717) is 23.4 Å². The highest BCUT2D eigenvalue weighted by molar-refractivity contribution is 5.89. The summed E-state index contributed by atoms with van der Waals surface area (Å²) in [6.07, 6.45) is 0.893. The van der Waals surface area contributed by atoms with Crippen LogP contribution in [-0.2, 0) is 7.05 Å². The Morgan fingerprint density at radius 1 is 1.20 bits per heavy atom. The molecular weight excluding hydrogens is 452 g/mol. The predicted octanol–water partition coefficient (Wildman–Crippen LogP) is 5.14. The first-order valence-electron chi connectivity index (χ1n) is 11.7. The van der Waals surface area contributed by atoms with Crippen molar-refractivity contribution in [1.82, 2.24) is 14.5 Å². The number of ether oxygens (including phenoxy) is 1. The van der Waals surface area contributed by atoms with Gasteiger partial charge in [0.2, 0.25) is 5.52 Å². The number of hydrogen-bond acceptors (Lipinski definition) is 5. The van der Waals surface area contributed by atoms with Crippen molar-refractivity contribution >= 4 is 22.5 Å². The third-order valence-electron chi connectivity index (χ3n) is 6.92. The smallest absolute Gasteiger partial charge is 0.387 e. The van der Waals surface area contributed by atoms with E-state index in [0.717, 1.165) is 24.2 Å². The Kier molecular flexibility index (Phi) is 7.03. The molecule has 0 N–H and O–H groups in total. The molecule has 3 aromatic rings. The van der Waals surface area contributed by atoms with Crippen LogP contribution in [-0.4, -0.2) is 46.2 Å². The monoisotopic (exact) mass is 481 g/mol. The summed E-state index contributed by atoms with van der Waals surface area (Å²) in [4.78, 5) is 25.4. The first-order valence-corrected chi connectivity index (χ1v) is 11.7. The van der Waals surface area contributed by atoms with Gasteiger partial charge in [0, 0.05) is 44.3 Å². The number of rotatable bonds is 6. The molecule has 0 aliphatic carbocycles. The molecule has 0 bridgehead atoms. The van der Waals surface area contributed by atoms with Gasteiger partial charge in [-0.3, -0.25) is 9.69 Å². The van der Waals surface area contributed by atoms with E-state index in [2.05, 4.69) is 45.1 Å². The zero-order valence-electron chi connectivity index (χ0n) is 20.3. The van der Waals surface area contributed by atoms with Gasteiger partial charge in [-0.1, -0.05) is 25.6 Å². The molecule has 3 atom stereocenters. The molecule has 1 saturated heterocycles.